The van der Waals surface area contributed by atoms with E-state index in [4.69, 9.17) is 28.3 Å². The van der Waals surface area contributed by atoms with Gasteiger partial charge in [-0.2, -0.15) is 5.10 Å². The predicted octanol–water partition coefficient (Wildman–Crippen LogP) is 4.46. The lowest BCUT2D eigenvalue weighted by Gasteiger charge is -2.38. The standard InChI is InChI=1S/C23H27Cl2N3O2.CH4O/c1-7-15-14(3)28(11-10-16(15)13(2)23(4,5)30)20(29)12-17-18(24)8-9-19-21(17)22(25)26-27(19)6;1-2/h7-9,14,30H,1-2,10-12H2,3-6H3;2H,1H3. The molecule has 0 saturated heterocycles. The first-order chi connectivity index (χ1) is 15.0. The van der Waals surface area contributed by atoms with Crippen molar-refractivity contribution in [3.63, 3.8) is 0 Å². The van der Waals surface area contributed by atoms with Crippen LogP contribution in [0.4, 0.5) is 0 Å². The van der Waals surface area contributed by atoms with Crippen LogP contribution in [0.1, 0.15) is 32.8 Å². The van der Waals surface area contributed by atoms with Gasteiger partial charge in [0.1, 0.15) is 0 Å². The Hall–Kier alpha value is -2.12. The van der Waals surface area contributed by atoms with E-state index in [1.165, 1.54) is 0 Å². The zero-order valence-electron chi connectivity index (χ0n) is 19.2. The van der Waals surface area contributed by atoms with E-state index >= 15 is 0 Å². The van der Waals surface area contributed by atoms with Gasteiger partial charge in [0, 0.05) is 31.1 Å². The van der Waals surface area contributed by atoms with Crippen LogP contribution in [0.3, 0.4) is 0 Å². The number of nitrogens with zero attached hydrogens (tertiary/aromatic N) is 3. The van der Waals surface area contributed by atoms with E-state index in [2.05, 4.69) is 18.3 Å². The van der Waals surface area contributed by atoms with Crippen LogP contribution in [0, 0.1) is 0 Å². The highest BCUT2D eigenvalue weighted by atomic mass is 35.5. The number of rotatable bonds is 5. The summed E-state index contributed by atoms with van der Waals surface area (Å²) in [6.45, 7) is 13.9. The molecule has 1 aromatic carbocycles. The highest BCUT2D eigenvalue weighted by molar-refractivity contribution is 6.37. The van der Waals surface area contributed by atoms with Gasteiger partial charge in [0.2, 0.25) is 5.91 Å². The van der Waals surface area contributed by atoms with Gasteiger partial charge in [0.15, 0.2) is 5.15 Å². The molecule has 0 bridgehead atoms. The van der Waals surface area contributed by atoms with Gasteiger partial charge in [-0.15, -0.1) is 0 Å². The minimum atomic E-state index is -1.03. The first-order valence-electron chi connectivity index (χ1n) is 10.3. The van der Waals surface area contributed by atoms with Gasteiger partial charge in [-0.25, -0.2) is 0 Å². The van der Waals surface area contributed by atoms with Crippen molar-refractivity contribution in [1.29, 1.82) is 0 Å². The second-order valence-corrected chi connectivity index (χ2v) is 8.97. The summed E-state index contributed by atoms with van der Waals surface area (Å²) in [6, 6.07) is 3.42. The molecular weight excluding hydrogens is 449 g/mol. The third kappa shape index (κ3) is 4.94. The normalized spacial score (nSPS) is 16.7. The highest BCUT2D eigenvalue weighted by Crippen LogP contribution is 2.35. The highest BCUT2D eigenvalue weighted by Gasteiger charge is 2.32. The van der Waals surface area contributed by atoms with Crippen LogP contribution in [-0.4, -0.2) is 56.1 Å². The quantitative estimate of drug-likeness (QED) is 0.663. The molecule has 0 fully saturated rings. The van der Waals surface area contributed by atoms with Crippen LogP contribution < -0.4 is 0 Å². The molecule has 0 saturated carbocycles. The van der Waals surface area contributed by atoms with Crippen molar-refractivity contribution in [2.24, 2.45) is 7.05 Å². The summed E-state index contributed by atoms with van der Waals surface area (Å²) in [7, 11) is 2.80. The van der Waals surface area contributed by atoms with Gasteiger partial charge in [-0.1, -0.05) is 42.4 Å². The number of aromatic nitrogens is 2. The van der Waals surface area contributed by atoms with E-state index in [1.54, 1.807) is 37.7 Å². The Labute approximate surface area is 199 Å². The molecule has 6 nitrogen and oxygen atoms in total. The Morgan fingerprint density at radius 2 is 1.97 bits per heavy atom. The number of carbonyl (C=O) groups excluding carboxylic acids is 1. The van der Waals surface area contributed by atoms with Gasteiger partial charge in [0.05, 0.1) is 23.6 Å². The number of hydrogen-bond donors (Lipinski definition) is 2. The number of fused-ring (bicyclic) bond motifs is 1. The number of halogens is 2. The summed E-state index contributed by atoms with van der Waals surface area (Å²) in [6.07, 6.45) is 2.48. The maximum Gasteiger partial charge on any atom is 0.227 e. The van der Waals surface area contributed by atoms with Gasteiger partial charge in [-0.3, -0.25) is 9.48 Å². The first-order valence-corrected chi connectivity index (χ1v) is 11.0. The number of amides is 1. The van der Waals surface area contributed by atoms with Crippen molar-refractivity contribution >= 4 is 40.0 Å². The Kier molecular flexibility index (Phi) is 8.34. The lowest BCUT2D eigenvalue weighted by molar-refractivity contribution is -0.132. The number of hydrogen-bond acceptors (Lipinski definition) is 4. The number of carbonyl (C=O) groups is 1. The van der Waals surface area contributed by atoms with E-state index in [0.717, 1.165) is 23.8 Å². The largest absolute Gasteiger partial charge is 0.400 e. The molecule has 0 radical (unpaired) electrons. The molecule has 1 amide bonds. The Morgan fingerprint density at radius 1 is 1.34 bits per heavy atom. The van der Waals surface area contributed by atoms with Gasteiger partial charge >= 0.3 is 0 Å². The number of aliphatic hydroxyl groups is 2. The molecule has 2 N–H and O–H groups in total. The van der Waals surface area contributed by atoms with Crippen molar-refractivity contribution in [1.82, 2.24) is 14.7 Å². The summed E-state index contributed by atoms with van der Waals surface area (Å²) in [5.74, 6) is -0.0518. The van der Waals surface area contributed by atoms with Gasteiger partial charge in [0.25, 0.3) is 0 Å². The maximum absolute atomic E-state index is 13.3. The van der Waals surface area contributed by atoms with Crippen LogP contribution >= 0.6 is 23.2 Å². The van der Waals surface area contributed by atoms with Gasteiger partial charge < -0.3 is 15.1 Å². The lowest BCUT2D eigenvalue weighted by Crippen LogP contribution is -2.45. The second kappa shape index (κ2) is 10.2. The van der Waals surface area contributed by atoms with E-state index in [9.17, 15) is 9.90 Å². The topological polar surface area (TPSA) is 78.6 Å². The minimum absolute atomic E-state index is 0.0518. The fraction of sp³-hybridized carbons (Fsp3) is 0.417. The zero-order chi connectivity index (χ0) is 24.4. The molecular formula is C24H31Cl2N3O3. The third-order valence-electron chi connectivity index (χ3n) is 5.87. The molecule has 174 valence electrons. The molecule has 8 heteroatoms. The molecule has 1 aromatic heterocycles. The first kappa shape index (κ1) is 26.1. The number of benzene rings is 1. The van der Waals surface area contributed by atoms with Crippen molar-refractivity contribution in [2.75, 3.05) is 13.7 Å². The summed E-state index contributed by atoms with van der Waals surface area (Å²) in [5.41, 5.74) is 3.01. The lowest BCUT2D eigenvalue weighted by atomic mass is 9.83. The molecule has 32 heavy (non-hydrogen) atoms. The smallest absolute Gasteiger partial charge is 0.227 e. The summed E-state index contributed by atoms with van der Waals surface area (Å²) in [4.78, 5) is 15.1. The summed E-state index contributed by atoms with van der Waals surface area (Å²) in [5, 5.41) is 23.2. The summed E-state index contributed by atoms with van der Waals surface area (Å²) < 4.78 is 1.68. The molecule has 1 aliphatic heterocycles. The fourth-order valence-corrected chi connectivity index (χ4v) is 4.64. The molecule has 0 spiro atoms. The van der Waals surface area contributed by atoms with E-state index in [1.807, 2.05) is 17.9 Å². The Balaban J connectivity index is 0.00000176. The SMILES string of the molecule is C=CC1=C(C(=C)C(C)(C)O)CCN(C(=O)Cc2c(Cl)ccc3c2c(Cl)nn3C)C1C.CO. The fourth-order valence-electron chi connectivity index (χ4n) is 4.09. The third-order valence-corrected chi connectivity index (χ3v) is 6.48. The maximum atomic E-state index is 13.3. The predicted molar refractivity (Wildman–Crippen MR) is 131 cm³/mol. The van der Waals surface area contributed by atoms with Crippen LogP contribution in [0.15, 0.2) is 48.1 Å². The molecule has 2 heterocycles. The number of aliphatic hydroxyl groups excluding tert-OH is 1. The number of aryl methyl sites for hydroxylation is 1. The zero-order valence-corrected chi connectivity index (χ0v) is 20.8. The van der Waals surface area contributed by atoms with E-state index in [-0.39, 0.29) is 18.4 Å². The molecule has 1 unspecified atom stereocenters. The molecule has 1 aliphatic rings. The minimum Gasteiger partial charge on any atom is -0.400 e. The van der Waals surface area contributed by atoms with Gasteiger partial charge in [-0.05, 0) is 61.6 Å². The van der Waals surface area contributed by atoms with Crippen molar-refractivity contribution in [3.05, 3.63) is 63.8 Å². The monoisotopic (exact) mass is 479 g/mol. The molecule has 3 rings (SSSR count). The Morgan fingerprint density at radius 3 is 2.53 bits per heavy atom. The van der Waals surface area contributed by atoms with Crippen LogP contribution in [0.2, 0.25) is 10.2 Å². The van der Waals surface area contributed by atoms with Crippen LogP contribution in [0.25, 0.3) is 10.9 Å². The molecule has 0 aliphatic carbocycles. The van der Waals surface area contributed by atoms with E-state index in [0.29, 0.717) is 39.7 Å². The van der Waals surface area contributed by atoms with Crippen LogP contribution in [-0.2, 0) is 18.3 Å². The van der Waals surface area contributed by atoms with Crippen molar-refractivity contribution in [3.8, 4) is 0 Å². The Bertz CT molecular complexity index is 1080. The van der Waals surface area contributed by atoms with Crippen molar-refractivity contribution in [2.45, 2.75) is 45.3 Å². The van der Waals surface area contributed by atoms with E-state index < -0.39 is 5.60 Å². The molecule has 2 aromatic rings. The second-order valence-electron chi connectivity index (χ2n) is 8.20. The average Bonchev–Trinajstić information content (AvgIpc) is 3.03. The molecule has 1 atom stereocenters. The average molecular weight is 480 g/mol. The van der Waals surface area contributed by atoms with Crippen LogP contribution in [0.5, 0.6) is 0 Å². The van der Waals surface area contributed by atoms with Crippen molar-refractivity contribution < 1.29 is 15.0 Å². The summed E-state index contributed by atoms with van der Waals surface area (Å²) >= 11 is 12.8.